The number of aliphatic hydroxyl groups excluding tert-OH is 1. The highest BCUT2D eigenvalue weighted by molar-refractivity contribution is 4.84. The highest BCUT2D eigenvalue weighted by Gasteiger charge is 2.37. The smallest absolute Gasteiger partial charge is 0.0594 e. The Hall–Kier alpha value is -0.120. The summed E-state index contributed by atoms with van der Waals surface area (Å²) in [4.78, 5) is 0. The van der Waals surface area contributed by atoms with E-state index in [9.17, 15) is 0 Å². The summed E-state index contributed by atoms with van der Waals surface area (Å²) >= 11 is 0. The van der Waals surface area contributed by atoms with Crippen molar-refractivity contribution in [3.05, 3.63) is 0 Å². The highest BCUT2D eigenvalue weighted by atomic mass is 16.5. The average Bonchev–Trinajstić information content (AvgIpc) is 2.15. The molecule has 0 bridgehead atoms. The van der Waals surface area contributed by atoms with E-state index in [1.54, 1.807) is 0 Å². The molecule has 0 radical (unpaired) electrons. The van der Waals surface area contributed by atoms with Crippen LogP contribution in [0, 0.1) is 5.41 Å². The molecule has 0 aromatic carbocycles. The van der Waals surface area contributed by atoms with Crippen molar-refractivity contribution in [2.75, 3.05) is 26.4 Å². The Morgan fingerprint density at radius 1 is 1.43 bits per heavy atom. The first-order valence-corrected chi connectivity index (χ1v) is 5.56. The second-order valence-electron chi connectivity index (χ2n) is 4.20. The van der Waals surface area contributed by atoms with Crippen LogP contribution < -0.4 is 0 Å². The van der Waals surface area contributed by atoms with Crippen LogP contribution in [0.15, 0.2) is 0 Å². The average molecular weight is 202 g/mol. The van der Waals surface area contributed by atoms with E-state index in [1.165, 1.54) is 0 Å². The number of ether oxygens (including phenoxy) is 2. The molecule has 1 saturated heterocycles. The standard InChI is InChI=1S/C11H22O3/c1-3-10(5-6-12)14-9-11(4-2)7-13-8-11/h10,12H,3-9H2,1-2H3. The van der Waals surface area contributed by atoms with Crippen LogP contribution in [-0.4, -0.2) is 37.6 Å². The van der Waals surface area contributed by atoms with Crippen molar-refractivity contribution in [3.63, 3.8) is 0 Å². The molecule has 1 N–H and O–H groups in total. The summed E-state index contributed by atoms with van der Waals surface area (Å²) in [5.74, 6) is 0. The van der Waals surface area contributed by atoms with E-state index in [1.807, 2.05) is 0 Å². The quantitative estimate of drug-likeness (QED) is 0.681. The normalized spacial score (nSPS) is 21.6. The fourth-order valence-electron chi connectivity index (χ4n) is 1.62. The van der Waals surface area contributed by atoms with E-state index in [-0.39, 0.29) is 18.1 Å². The topological polar surface area (TPSA) is 38.7 Å². The van der Waals surface area contributed by atoms with Gasteiger partial charge in [-0.3, -0.25) is 0 Å². The van der Waals surface area contributed by atoms with Crippen LogP contribution in [0.4, 0.5) is 0 Å². The SMILES string of the molecule is CCC(CCO)OCC1(CC)COC1. The third-order valence-electron chi connectivity index (χ3n) is 3.10. The van der Waals surface area contributed by atoms with E-state index in [4.69, 9.17) is 14.6 Å². The van der Waals surface area contributed by atoms with Gasteiger partial charge in [-0.05, 0) is 19.3 Å². The van der Waals surface area contributed by atoms with Crippen molar-refractivity contribution in [2.45, 2.75) is 39.2 Å². The fraction of sp³-hybridized carbons (Fsp3) is 1.00. The van der Waals surface area contributed by atoms with Crippen LogP contribution in [0.2, 0.25) is 0 Å². The van der Waals surface area contributed by atoms with Crippen LogP contribution in [-0.2, 0) is 9.47 Å². The van der Waals surface area contributed by atoms with Crippen LogP contribution in [0.3, 0.4) is 0 Å². The van der Waals surface area contributed by atoms with E-state index < -0.39 is 0 Å². The Bertz CT molecular complexity index is 149. The molecule has 1 aliphatic heterocycles. The molecule has 14 heavy (non-hydrogen) atoms. The zero-order valence-corrected chi connectivity index (χ0v) is 9.29. The molecule has 3 nitrogen and oxygen atoms in total. The van der Waals surface area contributed by atoms with Crippen molar-refractivity contribution in [1.82, 2.24) is 0 Å². The van der Waals surface area contributed by atoms with Gasteiger partial charge in [0.05, 0.1) is 25.9 Å². The summed E-state index contributed by atoms with van der Waals surface area (Å²) in [7, 11) is 0. The predicted molar refractivity (Wildman–Crippen MR) is 55.3 cm³/mol. The van der Waals surface area contributed by atoms with Gasteiger partial charge < -0.3 is 14.6 Å². The molecule has 1 rings (SSSR count). The first-order valence-electron chi connectivity index (χ1n) is 5.56. The summed E-state index contributed by atoms with van der Waals surface area (Å²) in [5, 5.41) is 8.82. The Labute approximate surface area is 86.4 Å². The Balaban J connectivity index is 2.22. The van der Waals surface area contributed by atoms with Gasteiger partial charge >= 0.3 is 0 Å². The van der Waals surface area contributed by atoms with Gasteiger partial charge in [0.2, 0.25) is 0 Å². The van der Waals surface area contributed by atoms with Gasteiger partial charge in [-0.1, -0.05) is 13.8 Å². The molecule has 1 aliphatic rings. The Morgan fingerprint density at radius 2 is 2.14 bits per heavy atom. The summed E-state index contributed by atoms with van der Waals surface area (Å²) < 4.78 is 11.0. The highest BCUT2D eigenvalue weighted by Crippen LogP contribution is 2.32. The predicted octanol–water partition coefficient (Wildman–Crippen LogP) is 1.59. The number of aliphatic hydroxyl groups is 1. The summed E-state index contributed by atoms with van der Waals surface area (Å²) in [5.41, 5.74) is 0.267. The second kappa shape index (κ2) is 5.69. The lowest BCUT2D eigenvalue weighted by molar-refractivity contribution is -0.161. The van der Waals surface area contributed by atoms with E-state index in [0.717, 1.165) is 39.1 Å². The van der Waals surface area contributed by atoms with Crippen LogP contribution in [0.25, 0.3) is 0 Å². The minimum Gasteiger partial charge on any atom is -0.396 e. The maximum atomic E-state index is 8.82. The maximum Gasteiger partial charge on any atom is 0.0594 e. The monoisotopic (exact) mass is 202 g/mol. The summed E-state index contributed by atoms with van der Waals surface area (Å²) in [6.07, 6.45) is 3.05. The number of rotatable bonds is 7. The lowest BCUT2D eigenvalue weighted by Gasteiger charge is -2.41. The lowest BCUT2D eigenvalue weighted by Crippen LogP contribution is -2.46. The zero-order valence-electron chi connectivity index (χ0n) is 9.29. The van der Waals surface area contributed by atoms with E-state index in [2.05, 4.69) is 13.8 Å². The van der Waals surface area contributed by atoms with Gasteiger partial charge in [-0.2, -0.15) is 0 Å². The molecule has 0 aliphatic carbocycles. The van der Waals surface area contributed by atoms with Gasteiger partial charge in [-0.25, -0.2) is 0 Å². The van der Waals surface area contributed by atoms with Crippen LogP contribution in [0.5, 0.6) is 0 Å². The Kier molecular flexibility index (Phi) is 4.85. The number of hydrogen-bond donors (Lipinski definition) is 1. The van der Waals surface area contributed by atoms with Gasteiger partial charge in [0, 0.05) is 12.0 Å². The largest absolute Gasteiger partial charge is 0.396 e. The van der Waals surface area contributed by atoms with Crippen molar-refractivity contribution in [3.8, 4) is 0 Å². The molecule has 0 amide bonds. The second-order valence-corrected chi connectivity index (χ2v) is 4.20. The third-order valence-corrected chi connectivity index (χ3v) is 3.10. The van der Waals surface area contributed by atoms with Gasteiger partial charge in [-0.15, -0.1) is 0 Å². The van der Waals surface area contributed by atoms with Crippen molar-refractivity contribution < 1.29 is 14.6 Å². The molecule has 0 spiro atoms. The summed E-state index contributed by atoms with van der Waals surface area (Å²) in [6, 6.07) is 0. The molecular formula is C11H22O3. The zero-order chi connectivity index (χ0) is 10.4. The molecule has 1 heterocycles. The van der Waals surface area contributed by atoms with Crippen LogP contribution in [0.1, 0.15) is 33.1 Å². The first-order chi connectivity index (χ1) is 6.76. The molecule has 1 unspecified atom stereocenters. The van der Waals surface area contributed by atoms with E-state index in [0.29, 0.717) is 0 Å². The Morgan fingerprint density at radius 3 is 2.50 bits per heavy atom. The molecule has 84 valence electrons. The molecule has 1 atom stereocenters. The van der Waals surface area contributed by atoms with Crippen LogP contribution >= 0.6 is 0 Å². The van der Waals surface area contributed by atoms with Crippen molar-refractivity contribution in [2.24, 2.45) is 5.41 Å². The summed E-state index contributed by atoms with van der Waals surface area (Å²) in [6.45, 7) is 6.93. The van der Waals surface area contributed by atoms with Gasteiger partial charge in [0.15, 0.2) is 0 Å². The van der Waals surface area contributed by atoms with Gasteiger partial charge in [0.1, 0.15) is 0 Å². The first kappa shape index (κ1) is 12.0. The minimum atomic E-state index is 0.212. The van der Waals surface area contributed by atoms with Gasteiger partial charge in [0.25, 0.3) is 0 Å². The number of hydrogen-bond acceptors (Lipinski definition) is 3. The minimum absolute atomic E-state index is 0.212. The molecule has 0 aromatic heterocycles. The molecule has 1 fully saturated rings. The molecular weight excluding hydrogens is 180 g/mol. The van der Waals surface area contributed by atoms with Crippen molar-refractivity contribution in [1.29, 1.82) is 0 Å². The lowest BCUT2D eigenvalue weighted by atomic mass is 9.84. The van der Waals surface area contributed by atoms with Crippen molar-refractivity contribution >= 4 is 0 Å². The third kappa shape index (κ3) is 2.94. The molecule has 0 saturated carbocycles. The maximum absolute atomic E-state index is 8.82. The van der Waals surface area contributed by atoms with E-state index >= 15 is 0 Å². The fourth-order valence-corrected chi connectivity index (χ4v) is 1.62. The molecule has 0 aromatic rings. The molecule has 3 heteroatoms.